The maximum atomic E-state index is 11.8. The first-order valence-corrected chi connectivity index (χ1v) is 9.17. The van der Waals surface area contributed by atoms with Crippen LogP contribution in [0.15, 0.2) is 70.5 Å². The number of hydrogen-bond donors (Lipinski definition) is 4. The van der Waals surface area contributed by atoms with E-state index in [2.05, 4.69) is 20.1 Å². The van der Waals surface area contributed by atoms with E-state index in [-0.39, 0.29) is 11.8 Å². The lowest BCUT2D eigenvalue weighted by Gasteiger charge is -2.09. The van der Waals surface area contributed by atoms with Crippen molar-refractivity contribution in [3.05, 3.63) is 82.3 Å². The van der Waals surface area contributed by atoms with E-state index in [1.54, 1.807) is 10.9 Å². The Hall–Kier alpha value is -3.40. The van der Waals surface area contributed by atoms with E-state index in [0.717, 1.165) is 22.5 Å². The van der Waals surface area contributed by atoms with Gasteiger partial charge in [0.15, 0.2) is 6.17 Å². The largest absolute Gasteiger partial charge is 0.389 e. The molecule has 2 heterocycles. The molecule has 142 valence electrons. The summed E-state index contributed by atoms with van der Waals surface area (Å²) in [5.41, 5.74) is 11.2. The molecule has 2 aromatic carbocycles. The monoisotopic (exact) mass is 394 g/mol. The molecule has 1 aliphatic rings. The molecule has 1 aromatic heterocycles. The Bertz CT molecular complexity index is 989. The molecular weight excluding hydrogens is 376 g/mol. The van der Waals surface area contributed by atoms with E-state index in [4.69, 9.17) is 17.0 Å². The van der Waals surface area contributed by atoms with Gasteiger partial charge in [0.2, 0.25) is 0 Å². The molecule has 0 spiro atoms. The normalized spacial score (nSPS) is 15.1. The molecular formula is C19H18N6O2S. The maximum Gasteiger partial charge on any atom is 0.263 e. The number of carbonyl (C=O) groups is 1. The molecule has 0 saturated heterocycles. The molecule has 0 fully saturated rings. The van der Waals surface area contributed by atoms with Gasteiger partial charge < -0.3 is 15.9 Å². The summed E-state index contributed by atoms with van der Waals surface area (Å²) >= 11 is 1.40. The molecule has 28 heavy (non-hydrogen) atoms. The predicted molar refractivity (Wildman–Crippen MR) is 109 cm³/mol. The third kappa shape index (κ3) is 4.46. The summed E-state index contributed by atoms with van der Waals surface area (Å²) in [6.07, 6.45) is -0.886. The second kappa shape index (κ2) is 9.00. The molecule has 3 aromatic rings. The van der Waals surface area contributed by atoms with Crippen LogP contribution in [0.3, 0.4) is 0 Å². The van der Waals surface area contributed by atoms with Gasteiger partial charge in [-0.05, 0) is 6.07 Å². The van der Waals surface area contributed by atoms with Crippen molar-refractivity contribution in [1.29, 1.82) is 5.41 Å². The Morgan fingerprint density at radius 3 is 2.54 bits per heavy atom. The summed E-state index contributed by atoms with van der Waals surface area (Å²) in [5, 5.41) is 11.5. The van der Waals surface area contributed by atoms with Crippen LogP contribution in [-0.4, -0.2) is 28.7 Å². The number of hydrogen-bond acceptors (Lipinski definition) is 8. The molecule has 6 N–H and O–H groups in total. The van der Waals surface area contributed by atoms with Crippen LogP contribution >= 0.6 is 11.3 Å². The Morgan fingerprint density at radius 1 is 1.14 bits per heavy atom. The lowest BCUT2D eigenvalue weighted by molar-refractivity contribution is -0.117. The van der Waals surface area contributed by atoms with Crippen LogP contribution in [-0.2, 0) is 9.63 Å². The lowest BCUT2D eigenvalue weighted by Crippen LogP contribution is -2.33. The van der Waals surface area contributed by atoms with Crippen molar-refractivity contribution in [3.63, 3.8) is 0 Å². The molecule has 0 saturated carbocycles. The van der Waals surface area contributed by atoms with Crippen molar-refractivity contribution in [2.45, 2.75) is 6.17 Å². The summed E-state index contributed by atoms with van der Waals surface area (Å²) in [5.74, 6) is 4.31. The zero-order valence-corrected chi connectivity index (χ0v) is 15.5. The number of benzodiazepines with no additional fused rings is 1. The Kier molecular flexibility index (Phi) is 6.22. The van der Waals surface area contributed by atoms with Crippen molar-refractivity contribution in [2.75, 3.05) is 5.32 Å². The number of nitrogens with two attached hydrogens (primary N) is 2. The molecule has 8 nitrogen and oxygen atoms in total. The third-order valence-corrected chi connectivity index (χ3v) is 4.39. The average Bonchev–Trinajstić information content (AvgIpc) is 3.24. The van der Waals surface area contributed by atoms with Gasteiger partial charge in [-0.25, -0.2) is 4.98 Å². The molecule has 0 bridgehead atoms. The Balaban J connectivity index is 0.000000211. The average molecular weight is 394 g/mol. The minimum atomic E-state index is -0.886. The predicted octanol–water partition coefficient (Wildman–Crippen LogP) is 2.12. The van der Waals surface area contributed by atoms with Crippen LogP contribution in [0.2, 0.25) is 0 Å². The van der Waals surface area contributed by atoms with E-state index < -0.39 is 6.17 Å². The molecule has 1 unspecified atom stereocenters. The number of amides is 1. The van der Waals surface area contributed by atoms with Crippen LogP contribution in [0, 0.1) is 5.41 Å². The number of para-hydroxylation sites is 1. The van der Waals surface area contributed by atoms with Gasteiger partial charge in [0.05, 0.1) is 16.9 Å². The summed E-state index contributed by atoms with van der Waals surface area (Å²) < 4.78 is 0. The van der Waals surface area contributed by atoms with E-state index >= 15 is 0 Å². The van der Waals surface area contributed by atoms with E-state index in [1.165, 1.54) is 11.3 Å². The van der Waals surface area contributed by atoms with E-state index in [1.807, 2.05) is 54.6 Å². The molecule has 1 atom stereocenters. The van der Waals surface area contributed by atoms with Crippen LogP contribution in [0.25, 0.3) is 0 Å². The first-order chi connectivity index (χ1) is 13.6. The topological polar surface area (TPSA) is 139 Å². The number of aliphatic imine (C=N–C) groups is 1. The molecule has 0 radical (unpaired) electrons. The van der Waals surface area contributed by atoms with Gasteiger partial charge >= 0.3 is 0 Å². The van der Waals surface area contributed by atoms with Gasteiger partial charge in [-0.2, -0.15) is 5.90 Å². The number of anilines is 1. The smallest absolute Gasteiger partial charge is 0.263 e. The standard InChI is InChI=1S/C15H13N3O.C4H5N3OS/c16-14-15(19)17-12-9-5-4-8-11(12)13(18-14)10-6-2-1-3-7-10;5-4(8-6)3-1-9-2-7-3/h1-9,14H,16H2,(H,17,19);1-2,5H,6H2. The van der Waals surface area contributed by atoms with Gasteiger partial charge in [0, 0.05) is 16.5 Å². The molecule has 1 amide bonds. The highest BCUT2D eigenvalue weighted by atomic mass is 32.1. The number of benzene rings is 2. The fourth-order valence-electron chi connectivity index (χ4n) is 2.48. The molecule has 9 heteroatoms. The number of rotatable bonds is 2. The van der Waals surface area contributed by atoms with Crippen molar-refractivity contribution >= 4 is 34.5 Å². The highest BCUT2D eigenvalue weighted by Crippen LogP contribution is 2.23. The fourth-order valence-corrected chi connectivity index (χ4v) is 3.02. The van der Waals surface area contributed by atoms with Crippen LogP contribution in [0.4, 0.5) is 5.69 Å². The summed E-state index contributed by atoms with van der Waals surface area (Å²) in [6.45, 7) is 0. The first-order valence-electron chi connectivity index (χ1n) is 8.23. The highest BCUT2D eigenvalue weighted by molar-refractivity contribution is 7.07. The van der Waals surface area contributed by atoms with Crippen LogP contribution in [0.1, 0.15) is 16.8 Å². The quantitative estimate of drug-likeness (QED) is 0.299. The van der Waals surface area contributed by atoms with Crippen LogP contribution in [0.5, 0.6) is 0 Å². The second-order valence-electron chi connectivity index (χ2n) is 5.64. The summed E-state index contributed by atoms with van der Waals surface area (Å²) in [4.78, 5) is 24.1. The number of nitrogens with one attached hydrogen (secondary N) is 2. The van der Waals surface area contributed by atoms with Gasteiger partial charge in [0.25, 0.3) is 11.8 Å². The lowest BCUT2D eigenvalue weighted by atomic mass is 10.0. The summed E-state index contributed by atoms with van der Waals surface area (Å²) in [6, 6.07) is 17.3. The fraction of sp³-hybridized carbons (Fsp3) is 0.0526. The highest BCUT2D eigenvalue weighted by Gasteiger charge is 2.22. The number of nitrogens with zero attached hydrogens (tertiary/aromatic N) is 2. The summed E-state index contributed by atoms with van der Waals surface area (Å²) in [7, 11) is 0. The number of thiazole rings is 1. The van der Waals surface area contributed by atoms with Gasteiger partial charge in [0.1, 0.15) is 5.69 Å². The van der Waals surface area contributed by atoms with E-state index in [0.29, 0.717) is 5.69 Å². The van der Waals surface area contributed by atoms with Crippen molar-refractivity contribution < 1.29 is 9.63 Å². The van der Waals surface area contributed by atoms with Gasteiger partial charge in [-0.1, -0.05) is 48.5 Å². The zero-order valence-electron chi connectivity index (χ0n) is 14.7. The van der Waals surface area contributed by atoms with E-state index in [9.17, 15) is 4.79 Å². The van der Waals surface area contributed by atoms with Gasteiger partial charge in [-0.15, -0.1) is 11.3 Å². The van der Waals surface area contributed by atoms with Crippen molar-refractivity contribution in [3.8, 4) is 0 Å². The second-order valence-corrected chi connectivity index (χ2v) is 6.36. The van der Waals surface area contributed by atoms with Crippen molar-refractivity contribution in [2.24, 2.45) is 16.6 Å². The number of carbonyl (C=O) groups excluding carboxylic acids is 1. The zero-order chi connectivity index (χ0) is 19.9. The third-order valence-electron chi connectivity index (χ3n) is 3.81. The maximum absolute atomic E-state index is 11.8. The van der Waals surface area contributed by atoms with Gasteiger partial charge in [-0.3, -0.25) is 15.2 Å². The Morgan fingerprint density at radius 2 is 1.86 bits per heavy atom. The number of aromatic nitrogens is 1. The Labute approximate surface area is 165 Å². The minimum absolute atomic E-state index is 0.101. The molecule has 0 aliphatic carbocycles. The van der Waals surface area contributed by atoms with Crippen molar-refractivity contribution in [1.82, 2.24) is 4.98 Å². The SMILES string of the molecule is N=C(ON)c1cscn1.NC1N=C(c2ccccc2)c2ccccc2NC1=O. The minimum Gasteiger partial charge on any atom is -0.389 e. The first kappa shape index (κ1) is 19.4. The molecule has 1 aliphatic heterocycles. The van der Waals surface area contributed by atoms with Crippen LogP contribution < -0.4 is 16.9 Å². The molecule has 4 rings (SSSR count). The number of fused-ring (bicyclic) bond motifs is 1.